The lowest BCUT2D eigenvalue weighted by Crippen LogP contribution is -2.61. The molecule has 8 atom stereocenters. The summed E-state index contributed by atoms with van der Waals surface area (Å²) in [6.07, 6.45) is 72.2. The summed E-state index contributed by atoms with van der Waals surface area (Å²) in [4.78, 5) is 26.7. The number of rotatable bonds is 63. The number of amides is 1. The molecule has 1 aliphatic heterocycles. The summed E-state index contributed by atoms with van der Waals surface area (Å²) in [5, 5.41) is 57.3. The predicted octanol–water partition coefficient (Wildman–Crippen LogP) is 19.1. The molecule has 0 bridgehead atoms. The van der Waals surface area contributed by atoms with E-state index in [1.165, 1.54) is 193 Å². The maximum absolute atomic E-state index is 13.5. The van der Waals surface area contributed by atoms with E-state index in [-0.39, 0.29) is 13.0 Å². The fourth-order valence-corrected chi connectivity index (χ4v) is 11.4. The molecule has 1 saturated heterocycles. The highest BCUT2D eigenvalue weighted by molar-refractivity contribution is 5.80. The van der Waals surface area contributed by atoms with Crippen LogP contribution in [0.5, 0.6) is 0 Å². The van der Waals surface area contributed by atoms with Gasteiger partial charge in [-0.2, -0.15) is 0 Å². The SMILES string of the molecule is CC/C=C\C/C=C\C/C=C\C/C=C\C/C=C\CCCCCCCCCCCCCC(=O)OC1C(OCC(NC(=O)C(O)CCCCCCCCCCCCCCCCCCCC)C(O)/C=C/CCCCCCCCCCCCC)OC(CO)C(O)C1O. The van der Waals surface area contributed by atoms with Crippen LogP contribution >= 0.6 is 0 Å². The summed E-state index contributed by atoms with van der Waals surface area (Å²) in [6, 6.07) is -1.02. The van der Waals surface area contributed by atoms with Gasteiger partial charge in [-0.3, -0.25) is 9.59 Å². The molecule has 87 heavy (non-hydrogen) atoms. The second kappa shape index (κ2) is 63.3. The first-order valence-electron chi connectivity index (χ1n) is 36.7. The van der Waals surface area contributed by atoms with Crippen molar-refractivity contribution in [1.29, 1.82) is 0 Å². The molecule has 0 aliphatic carbocycles. The molecule has 0 saturated carbocycles. The molecule has 8 unspecified atom stereocenters. The Hall–Kier alpha value is -2.90. The number of ether oxygens (including phenoxy) is 3. The minimum atomic E-state index is -1.62. The summed E-state index contributed by atoms with van der Waals surface area (Å²) in [6.45, 7) is 5.73. The molecule has 1 rings (SSSR count). The minimum Gasteiger partial charge on any atom is -0.454 e. The van der Waals surface area contributed by atoms with Crippen molar-refractivity contribution in [2.75, 3.05) is 13.2 Å². The molecular weight excluding hydrogens is 1090 g/mol. The Bertz CT molecular complexity index is 1690. The molecule has 11 nitrogen and oxygen atoms in total. The van der Waals surface area contributed by atoms with Crippen molar-refractivity contribution < 1.29 is 49.3 Å². The Morgan fingerprint density at radius 3 is 1.24 bits per heavy atom. The van der Waals surface area contributed by atoms with Crippen molar-refractivity contribution in [2.24, 2.45) is 0 Å². The van der Waals surface area contributed by atoms with Crippen LogP contribution in [0.2, 0.25) is 0 Å². The Balaban J connectivity index is 2.55. The molecule has 0 aromatic heterocycles. The number of allylic oxidation sites excluding steroid dienone is 11. The number of hydrogen-bond acceptors (Lipinski definition) is 10. The van der Waals surface area contributed by atoms with Crippen LogP contribution in [0.1, 0.15) is 335 Å². The maximum Gasteiger partial charge on any atom is 0.306 e. The average molecular weight is 1220 g/mol. The third kappa shape index (κ3) is 50.4. The maximum atomic E-state index is 13.5. The monoisotopic (exact) mass is 1220 g/mol. The van der Waals surface area contributed by atoms with Gasteiger partial charge in [0.1, 0.15) is 24.4 Å². The number of aliphatic hydroxyl groups is 5. The Morgan fingerprint density at radius 1 is 0.460 bits per heavy atom. The molecule has 1 aliphatic rings. The third-order valence-corrected chi connectivity index (χ3v) is 17.1. The van der Waals surface area contributed by atoms with Crippen molar-refractivity contribution in [3.8, 4) is 0 Å². The zero-order valence-corrected chi connectivity index (χ0v) is 56.4. The fourth-order valence-electron chi connectivity index (χ4n) is 11.4. The lowest BCUT2D eigenvalue weighted by molar-refractivity contribution is -0.305. The highest BCUT2D eigenvalue weighted by atomic mass is 16.7. The van der Waals surface area contributed by atoms with Gasteiger partial charge in [-0.25, -0.2) is 0 Å². The lowest BCUT2D eigenvalue weighted by Gasteiger charge is -2.41. The predicted molar refractivity (Wildman–Crippen MR) is 366 cm³/mol. The first-order chi connectivity index (χ1) is 42.7. The number of unbranched alkanes of at least 4 members (excludes halogenated alkanes) is 39. The van der Waals surface area contributed by atoms with E-state index in [0.717, 1.165) is 96.3 Å². The molecule has 11 heteroatoms. The lowest BCUT2D eigenvalue weighted by atomic mass is 9.99. The van der Waals surface area contributed by atoms with Gasteiger partial charge >= 0.3 is 5.97 Å². The fraction of sp³-hybridized carbons (Fsp3) is 0.816. The number of nitrogens with one attached hydrogen (secondary N) is 1. The molecule has 1 heterocycles. The van der Waals surface area contributed by atoms with Crippen LogP contribution in [0.3, 0.4) is 0 Å². The zero-order valence-electron chi connectivity index (χ0n) is 56.4. The summed E-state index contributed by atoms with van der Waals surface area (Å²) >= 11 is 0. The molecular formula is C76H137NO10. The van der Waals surface area contributed by atoms with Crippen LogP contribution in [0, 0.1) is 0 Å². The average Bonchev–Trinajstić information content (AvgIpc) is 2.51. The van der Waals surface area contributed by atoms with Crippen LogP contribution in [0.15, 0.2) is 72.9 Å². The van der Waals surface area contributed by atoms with Gasteiger partial charge in [0.2, 0.25) is 5.91 Å². The summed E-state index contributed by atoms with van der Waals surface area (Å²) in [7, 11) is 0. The van der Waals surface area contributed by atoms with E-state index in [4.69, 9.17) is 14.2 Å². The Morgan fingerprint density at radius 2 is 0.828 bits per heavy atom. The number of carbonyl (C=O) groups is 2. The van der Waals surface area contributed by atoms with Gasteiger partial charge in [-0.05, 0) is 70.6 Å². The van der Waals surface area contributed by atoms with E-state index >= 15 is 0 Å². The van der Waals surface area contributed by atoms with Gasteiger partial charge < -0.3 is 45.1 Å². The van der Waals surface area contributed by atoms with Gasteiger partial charge in [0.15, 0.2) is 12.4 Å². The van der Waals surface area contributed by atoms with E-state index in [2.05, 4.69) is 86.8 Å². The highest BCUT2D eigenvalue weighted by Crippen LogP contribution is 2.26. The van der Waals surface area contributed by atoms with E-state index in [0.29, 0.717) is 19.3 Å². The van der Waals surface area contributed by atoms with Gasteiger partial charge in [0.25, 0.3) is 0 Å². The molecule has 1 fully saturated rings. The Labute approximate surface area is 534 Å². The van der Waals surface area contributed by atoms with Crippen LogP contribution in [0.25, 0.3) is 0 Å². The number of carbonyl (C=O) groups excluding carboxylic acids is 2. The molecule has 6 N–H and O–H groups in total. The van der Waals surface area contributed by atoms with Crippen molar-refractivity contribution >= 4 is 11.9 Å². The quantitative estimate of drug-likeness (QED) is 0.0195. The zero-order chi connectivity index (χ0) is 63.1. The number of aliphatic hydroxyl groups excluding tert-OH is 5. The van der Waals surface area contributed by atoms with E-state index in [9.17, 15) is 35.1 Å². The normalized spacial score (nSPS) is 18.6. The number of esters is 1. The molecule has 0 aromatic rings. The molecule has 0 aromatic carbocycles. The van der Waals surface area contributed by atoms with Crippen LogP contribution in [-0.2, 0) is 23.8 Å². The smallest absolute Gasteiger partial charge is 0.306 e. The molecule has 506 valence electrons. The summed E-state index contributed by atoms with van der Waals surface area (Å²) in [5.74, 6) is -1.19. The van der Waals surface area contributed by atoms with E-state index < -0.39 is 67.4 Å². The van der Waals surface area contributed by atoms with Gasteiger partial charge in [-0.1, -0.05) is 331 Å². The van der Waals surface area contributed by atoms with Crippen molar-refractivity contribution in [2.45, 2.75) is 384 Å². The molecule has 1 amide bonds. The van der Waals surface area contributed by atoms with Crippen molar-refractivity contribution in [1.82, 2.24) is 5.32 Å². The second-order valence-electron chi connectivity index (χ2n) is 25.3. The summed E-state index contributed by atoms with van der Waals surface area (Å²) < 4.78 is 17.7. The highest BCUT2D eigenvalue weighted by Gasteiger charge is 2.47. The standard InChI is InChI=1S/C76H137NO10/c1-4-7-10-13-16-19-22-25-27-29-31-32-33-34-35-36-37-38-39-41-43-46-49-52-55-58-61-64-71(81)87-74-73(83)72(82)70(65-78)86-76(74)85-66-67(68(79)62-59-56-53-50-47-44-24-21-18-15-12-9-6-3)77-75(84)69(80)63-60-57-54-51-48-45-42-40-30-28-26-23-20-17-14-11-8-5-2/h7,10,16,19,25,27,31-32,34-35,59,62,67-70,72-74,76,78-80,82-83H,4-6,8-9,11-15,17-18,20-24,26,28-30,33,36-58,60-61,63-66H2,1-3H3,(H,77,84)/b10-7-,19-16-,27-25-,32-31-,35-34-,62-59+. The molecule has 0 spiro atoms. The van der Waals surface area contributed by atoms with E-state index in [1.54, 1.807) is 6.08 Å². The first-order valence-corrected chi connectivity index (χ1v) is 36.7. The number of hydrogen-bond donors (Lipinski definition) is 6. The Kier molecular flexibility index (Phi) is 59.7. The van der Waals surface area contributed by atoms with E-state index in [1.807, 2.05) is 6.08 Å². The largest absolute Gasteiger partial charge is 0.454 e. The van der Waals surface area contributed by atoms with Crippen LogP contribution in [0.4, 0.5) is 0 Å². The second-order valence-corrected chi connectivity index (χ2v) is 25.3. The van der Waals surface area contributed by atoms with Gasteiger partial charge in [-0.15, -0.1) is 0 Å². The minimum absolute atomic E-state index is 0.119. The van der Waals surface area contributed by atoms with Crippen molar-refractivity contribution in [3.05, 3.63) is 72.9 Å². The molecule has 0 radical (unpaired) electrons. The van der Waals surface area contributed by atoms with Gasteiger partial charge in [0, 0.05) is 6.42 Å². The topological polar surface area (TPSA) is 175 Å². The summed E-state index contributed by atoms with van der Waals surface area (Å²) in [5.41, 5.74) is 0. The van der Waals surface area contributed by atoms with Crippen molar-refractivity contribution in [3.63, 3.8) is 0 Å². The van der Waals surface area contributed by atoms with Gasteiger partial charge in [0.05, 0.1) is 25.4 Å². The van der Waals surface area contributed by atoms with Crippen LogP contribution in [-0.4, -0.2) is 99.6 Å². The first kappa shape index (κ1) is 82.1. The third-order valence-electron chi connectivity index (χ3n) is 17.1. The van der Waals surface area contributed by atoms with Crippen LogP contribution < -0.4 is 5.32 Å².